The summed E-state index contributed by atoms with van der Waals surface area (Å²) in [4.78, 5) is 14.8. The van der Waals surface area contributed by atoms with Crippen molar-refractivity contribution in [3.8, 4) is 11.3 Å². The summed E-state index contributed by atoms with van der Waals surface area (Å²) in [6.07, 6.45) is 4.18. The monoisotopic (exact) mass is 448 g/mol. The third-order valence-corrected chi connectivity index (χ3v) is 7.07. The minimum absolute atomic E-state index is 0.112. The number of aryl methyl sites for hydroxylation is 3. The van der Waals surface area contributed by atoms with E-state index >= 15 is 0 Å². The van der Waals surface area contributed by atoms with Crippen LogP contribution in [0.5, 0.6) is 0 Å². The summed E-state index contributed by atoms with van der Waals surface area (Å²) in [7, 11) is 0. The fraction of sp³-hybridized carbons (Fsp3) is 0.333. The molecule has 1 aliphatic heterocycles. The lowest BCUT2D eigenvalue weighted by atomic mass is 10.0. The van der Waals surface area contributed by atoms with E-state index in [-0.39, 0.29) is 11.9 Å². The second-order valence-corrected chi connectivity index (χ2v) is 9.26. The van der Waals surface area contributed by atoms with Gasteiger partial charge in [-0.1, -0.05) is 35.3 Å². The normalized spacial score (nSPS) is 14.1. The quantitative estimate of drug-likeness (QED) is 0.604. The summed E-state index contributed by atoms with van der Waals surface area (Å²) in [5, 5.41) is 8.76. The number of nitrogens with zero attached hydrogens (tertiary/aromatic N) is 2. The molecule has 2 aromatic heterocycles. The second-order valence-electron chi connectivity index (χ2n) is 7.31. The smallest absolute Gasteiger partial charge is 0.261 e. The summed E-state index contributed by atoms with van der Waals surface area (Å²) < 4.78 is 1.92. The minimum atomic E-state index is -0.169. The number of aromatic nitrogens is 2. The number of fused-ring (bicyclic) bond motifs is 3. The van der Waals surface area contributed by atoms with Gasteiger partial charge in [-0.2, -0.15) is 5.10 Å². The molecule has 0 saturated heterocycles. The second kappa shape index (κ2) is 8.48. The van der Waals surface area contributed by atoms with Crippen LogP contribution in [0.2, 0.25) is 10.0 Å². The lowest BCUT2D eigenvalue weighted by Crippen LogP contribution is -2.41. The SMILES string of the molecule is Cc1ccc(CC(CN)NC(=O)c2cc3c(s2)CCCn2ncc(Cl)c2-3)cc1Cl. The predicted octanol–water partition coefficient (Wildman–Crippen LogP) is 4.47. The van der Waals surface area contributed by atoms with E-state index in [1.165, 1.54) is 16.2 Å². The highest BCUT2D eigenvalue weighted by atomic mass is 35.5. The van der Waals surface area contributed by atoms with Gasteiger partial charge in [-0.05, 0) is 49.4 Å². The Kier molecular flexibility index (Phi) is 5.97. The molecule has 1 amide bonds. The van der Waals surface area contributed by atoms with Crippen LogP contribution in [-0.2, 0) is 19.4 Å². The van der Waals surface area contributed by atoms with E-state index in [0.29, 0.717) is 22.9 Å². The first kappa shape index (κ1) is 20.4. The Morgan fingerprint density at radius 1 is 1.34 bits per heavy atom. The maximum Gasteiger partial charge on any atom is 0.261 e. The Hall–Kier alpha value is -1.86. The number of carbonyl (C=O) groups excluding carboxylic acids is 1. The number of thiophene rings is 1. The Morgan fingerprint density at radius 3 is 2.93 bits per heavy atom. The Balaban J connectivity index is 1.53. The van der Waals surface area contributed by atoms with E-state index in [2.05, 4.69) is 10.4 Å². The molecule has 1 atom stereocenters. The van der Waals surface area contributed by atoms with Crippen molar-refractivity contribution in [1.29, 1.82) is 0 Å². The first-order valence-corrected chi connectivity index (χ1v) is 11.1. The zero-order valence-corrected chi connectivity index (χ0v) is 18.4. The van der Waals surface area contributed by atoms with Crippen molar-refractivity contribution < 1.29 is 4.79 Å². The van der Waals surface area contributed by atoms with Crippen molar-refractivity contribution in [2.24, 2.45) is 5.73 Å². The van der Waals surface area contributed by atoms with E-state index in [1.807, 2.05) is 35.9 Å². The summed E-state index contributed by atoms with van der Waals surface area (Å²) in [6, 6.07) is 7.69. The highest BCUT2D eigenvalue weighted by Gasteiger charge is 2.24. The molecule has 152 valence electrons. The molecule has 0 radical (unpaired) electrons. The van der Waals surface area contributed by atoms with E-state index in [1.54, 1.807) is 6.20 Å². The first-order chi connectivity index (χ1) is 14.0. The molecule has 0 bridgehead atoms. The third-order valence-electron chi connectivity index (χ3n) is 5.19. The van der Waals surface area contributed by atoms with Gasteiger partial charge in [0, 0.05) is 34.6 Å². The molecule has 5 nitrogen and oxygen atoms in total. The van der Waals surface area contributed by atoms with Crippen LogP contribution in [0.1, 0.15) is 32.1 Å². The molecule has 0 aliphatic carbocycles. The number of rotatable bonds is 5. The number of amides is 1. The molecule has 8 heteroatoms. The number of benzene rings is 1. The number of hydrogen-bond donors (Lipinski definition) is 2. The van der Waals surface area contributed by atoms with Gasteiger partial charge in [0.05, 0.1) is 21.8 Å². The Labute approximate surface area is 183 Å². The first-order valence-electron chi connectivity index (χ1n) is 9.56. The highest BCUT2D eigenvalue weighted by molar-refractivity contribution is 7.14. The summed E-state index contributed by atoms with van der Waals surface area (Å²) >= 11 is 14.1. The largest absolute Gasteiger partial charge is 0.347 e. The maximum atomic E-state index is 12.9. The Morgan fingerprint density at radius 2 is 2.17 bits per heavy atom. The molecule has 0 fully saturated rings. The van der Waals surface area contributed by atoms with Gasteiger partial charge in [0.15, 0.2) is 0 Å². The van der Waals surface area contributed by atoms with Gasteiger partial charge >= 0.3 is 0 Å². The van der Waals surface area contributed by atoms with Crippen LogP contribution in [0.3, 0.4) is 0 Å². The predicted molar refractivity (Wildman–Crippen MR) is 119 cm³/mol. The van der Waals surface area contributed by atoms with Crippen molar-refractivity contribution in [2.75, 3.05) is 6.54 Å². The molecule has 1 aromatic carbocycles. The highest BCUT2D eigenvalue weighted by Crippen LogP contribution is 2.38. The van der Waals surface area contributed by atoms with Crippen LogP contribution in [-0.4, -0.2) is 28.3 Å². The number of halogens is 2. The molecule has 3 heterocycles. The molecule has 1 unspecified atom stereocenters. The van der Waals surface area contributed by atoms with Crippen LogP contribution >= 0.6 is 34.5 Å². The number of nitrogens with one attached hydrogen (secondary N) is 1. The lowest BCUT2D eigenvalue weighted by Gasteiger charge is -2.17. The molecule has 3 aromatic rings. The van der Waals surface area contributed by atoms with Gasteiger partial charge in [0.2, 0.25) is 0 Å². The summed E-state index contributed by atoms with van der Waals surface area (Å²) in [5.41, 5.74) is 9.92. The van der Waals surface area contributed by atoms with Crippen LogP contribution in [0, 0.1) is 6.92 Å². The zero-order valence-electron chi connectivity index (χ0n) is 16.0. The fourth-order valence-corrected chi connectivity index (χ4v) is 5.17. The molecule has 3 N–H and O–H groups in total. The van der Waals surface area contributed by atoms with Crippen LogP contribution in [0.25, 0.3) is 11.3 Å². The fourth-order valence-electron chi connectivity index (χ4n) is 3.61. The average Bonchev–Trinajstić information content (AvgIpc) is 3.23. The number of hydrogen-bond acceptors (Lipinski definition) is 4. The van der Waals surface area contributed by atoms with Gasteiger partial charge in [0.25, 0.3) is 5.91 Å². The van der Waals surface area contributed by atoms with Gasteiger partial charge in [-0.3, -0.25) is 9.48 Å². The van der Waals surface area contributed by atoms with Crippen molar-refractivity contribution in [3.05, 3.63) is 61.4 Å². The van der Waals surface area contributed by atoms with Crippen LogP contribution < -0.4 is 11.1 Å². The van der Waals surface area contributed by atoms with Crippen molar-refractivity contribution in [1.82, 2.24) is 15.1 Å². The van der Waals surface area contributed by atoms with Crippen LogP contribution in [0.4, 0.5) is 0 Å². The van der Waals surface area contributed by atoms with Crippen molar-refractivity contribution >= 4 is 40.4 Å². The molecule has 0 spiro atoms. The Bertz CT molecular complexity index is 1060. The van der Waals surface area contributed by atoms with Gasteiger partial charge in [-0.25, -0.2) is 0 Å². The van der Waals surface area contributed by atoms with E-state index in [9.17, 15) is 4.79 Å². The van der Waals surface area contributed by atoms with E-state index in [4.69, 9.17) is 28.9 Å². The number of nitrogens with two attached hydrogens (primary N) is 1. The van der Waals surface area contributed by atoms with E-state index in [0.717, 1.165) is 46.8 Å². The minimum Gasteiger partial charge on any atom is -0.347 e. The van der Waals surface area contributed by atoms with E-state index < -0.39 is 0 Å². The topological polar surface area (TPSA) is 72.9 Å². The van der Waals surface area contributed by atoms with Crippen LogP contribution in [0.15, 0.2) is 30.5 Å². The molecule has 29 heavy (non-hydrogen) atoms. The van der Waals surface area contributed by atoms with Gasteiger partial charge < -0.3 is 11.1 Å². The molecule has 1 aliphatic rings. The van der Waals surface area contributed by atoms with Gasteiger partial charge in [-0.15, -0.1) is 11.3 Å². The molecule has 4 rings (SSSR count). The number of carbonyl (C=O) groups is 1. The zero-order chi connectivity index (χ0) is 20.5. The standard InChI is InChI=1S/C21H22Cl2N4OS/c1-12-4-5-13(8-16(12)22)7-14(10-24)26-21(28)19-9-15-18(29-19)3-2-6-27-20(15)17(23)11-25-27/h4-5,8-9,11,14H,2-3,6-7,10,24H2,1H3,(H,26,28). The third kappa shape index (κ3) is 4.21. The van der Waals surface area contributed by atoms with Gasteiger partial charge in [0.1, 0.15) is 0 Å². The van der Waals surface area contributed by atoms with Crippen molar-refractivity contribution in [2.45, 2.75) is 38.8 Å². The molecular formula is C21H22Cl2N4OS. The molecule has 0 saturated carbocycles. The molecular weight excluding hydrogens is 427 g/mol. The maximum absolute atomic E-state index is 12.9. The average molecular weight is 449 g/mol. The lowest BCUT2D eigenvalue weighted by molar-refractivity contribution is 0.0942. The van der Waals surface area contributed by atoms with Crippen molar-refractivity contribution in [3.63, 3.8) is 0 Å². The summed E-state index contributed by atoms with van der Waals surface area (Å²) in [6.45, 7) is 3.15. The summed E-state index contributed by atoms with van der Waals surface area (Å²) in [5.74, 6) is -0.112.